The molecule has 0 bridgehead atoms. The number of piperazine rings is 1. The van der Waals surface area contributed by atoms with Gasteiger partial charge in [-0.2, -0.15) is 4.98 Å². The lowest BCUT2D eigenvalue weighted by Gasteiger charge is -2.35. The minimum atomic E-state index is 0.474. The molecular formula is C28H36N9OPS. The first kappa shape index (κ1) is 28.1. The molecule has 1 saturated heterocycles. The predicted octanol–water partition coefficient (Wildman–Crippen LogP) is 4.44. The highest BCUT2D eigenvalue weighted by Gasteiger charge is 2.20. The summed E-state index contributed by atoms with van der Waals surface area (Å²) < 4.78 is 7.89. The Labute approximate surface area is 242 Å². The van der Waals surface area contributed by atoms with E-state index in [4.69, 9.17) is 9.72 Å². The summed E-state index contributed by atoms with van der Waals surface area (Å²) >= 11 is 1.60. The van der Waals surface area contributed by atoms with Gasteiger partial charge < -0.3 is 29.5 Å². The van der Waals surface area contributed by atoms with E-state index in [0.717, 1.165) is 71.7 Å². The predicted molar refractivity (Wildman–Crippen MR) is 171 cm³/mol. The molecule has 1 aliphatic rings. The van der Waals surface area contributed by atoms with Crippen molar-refractivity contribution in [2.24, 2.45) is 0 Å². The number of methoxy groups -OCH3 is 1. The van der Waals surface area contributed by atoms with Crippen molar-refractivity contribution in [1.29, 1.82) is 0 Å². The number of aromatic nitrogens is 4. The smallest absolute Gasteiger partial charge is 0.229 e. The summed E-state index contributed by atoms with van der Waals surface area (Å²) in [5.74, 6) is 1.91. The molecule has 12 heteroatoms. The van der Waals surface area contributed by atoms with Crippen molar-refractivity contribution in [3.63, 3.8) is 0 Å². The van der Waals surface area contributed by atoms with Gasteiger partial charge in [0.05, 0.1) is 29.7 Å². The minimum absolute atomic E-state index is 0.474. The van der Waals surface area contributed by atoms with Crippen molar-refractivity contribution in [3.8, 4) is 5.75 Å². The lowest BCUT2D eigenvalue weighted by Crippen LogP contribution is -2.44. The third-order valence-electron chi connectivity index (χ3n) is 7.14. The van der Waals surface area contributed by atoms with Gasteiger partial charge in [-0.1, -0.05) is 28.1 Å². The summed E-state index contributed by atoms with van der Waals surface area (Å²) in [5.41, 5.74) is 6.79. The molecule has 4 aromatic rings. The highest BCUT2D eigenvalue weighted by molar-refractivity contribution is 7.99. The first-order chi connectivity index (χ1) is 19.4. The fourth-order valence-corrected chi connectivity index (χ4v) is 5.42. The van der Waals surface area contributed by atoms with Gasteiger partial charge in [0, 0.05) is 75.1 Å². The van der Waals surface area contributed by atoms with Crippen LogP contribution in [0.15, 0.2) is 42.9 Å². The molecule has 210 valence electrons. The molecule has 0 spiro atoms. The largest absolute Gasteiger partial charge is 0.494 e. The molecule has 2 aromatic carbocycles. The van der Waals surface area contributed by atoms with E-state index in [2.05, 4.69) is 75.0 Å². The van der Waals surface area contributed by atoms with Crippen LogP contribution in [0.25, 0.3) is 11.0 Å². The number of anilines is 6. The maximum Gasteiger partial charge on any atom is 0.229 e. The van der Waals surface area contributed by atoms with Crippen molar-refractivity contribution in [2.75, 3.05) is 73.5 Å². The lowest BCUT2D eigenvalue weighted by atomic mass is 10.1. The number of hydrogen-bond acceptors (Lipinski definition) is 11. The average molecular weight is 578 g/mol. The van der Waals surface area contributed by atoms with Crippen molar-refractivity contribution in [2.45, 2.75) is 13.3 Å². The fraction of sp³-hybridized carbons (Fsp3) is 0.357. The molecule has 0 aliphatic carbocycles. The van der Waals surface area contributed by atoms with Crippen LogP contribution in [-0.2, 0) is 6.42 Å². The Morgan fingerprint density at radius 3 is 2.55 bits per heavy atom. The third kappa shape index (κ3) is 5.87. The summed E-state index contributed by atoms with van der Waals surface area (Å²) in [6, 6.07) is 8.26. The van der Waals surface area contributed by atoms with Gasteiger partial charge in [0.25, 0.3) is 0 Å². The Morgan fingerprint density at radius 2 is 1.82 bits per heavy atom. The van der Waals surface area contributed by atoms with Crippen LogP contribution >= 0.6 is 21.2 Å². The quantitative estimate of drug-likeness (QED) is 0.218. The van der Waals surface area contributed by atoms with Crippen LogP contribution < -0.4 is 29.9 Å². The van der Waals surface area contributed by atoms with Crippen molar-refractivity contribution in [3.05, 3.63) is 48.4 Å². The number of nitrogens with one attached hydrogen (secondary N) is 2. The van der Waals surface area contributed by atoms with Crippen molar-refractivity contribution in [1.82, 2.24) is 24.8 Å². The van der Waals surface area contributed by atoms with E-state index in [0.29, 0.717) is 11.8 Å². The number of likely N-dealkylation sites (N-methyl/N-ethyl adjacent to an activating group) is 1. The van der Waals surface area contributed by atoms with E-state index in [1.807, 2.05) is 25.4 Å². The van der Waals surface area contributed by atoms with Gasteiger partial charge in [-0.3, -0.25) is 9.97 Å². The summed E-state index contributed by atoms with van der Waals surface area (Å²) in [6.45, 7) is 6.29. The van der Waals surface area contributed by atoms with Gasteiger partial charge in [-0.25, -0.2) is 4.98 Å². The van der Waals surface area contributed by atoms with Crippen LogP contribution in [-0.4, -0.2) is 78.5 Å². The van der Waals surface area contributed by atoms with E-state index in [1.165, 1.54) is 11.3 Å². The third-order valence-corrected chi connectivity index (χ3v) is 8.30. The molecule has 2 aromatic heterocycles. The lowest BCUT2D eigenvalue weighted by molar-refractivity contribution is 0.312. The monoisotopic (exact) mass is 577 g/mol. The topological polar surface area (TPSA) is 94.6 Å². The molecule has 0 amide bonds. The Hall–Kier alpha value is -3.40. The zero-order chi connectivity index (χ0) is 28.2. The molecule has 0 radical (unpaired) electrons. The number of ether oxygens (including phenoxy) is 1. The molecule has 10 nitrogen and oxygen atoms in total. The van der Waals surface area contributed by atoms with Crippen LogP contribution in [0, 0.1) is 0 Å². The minimum Gasteiger partial charge on any atom is -0.494 e. The summed E-state index contributed by atoms with van der Waals surface area (Å²) in [7, 11) is 8.60. The average Bonchev–Trinajstić information content (AvgIpc) is 2.98. The Morgan fingerprint density at radius 1 is 1.05 bits per heavy atom. The highest BCUT2D eigenvalue weighted by atomic mass is 32.2. The molecule has 3 heterocycles. The Bertz CT molecular complexity index is 1500. The molecule has 2 N–H and O–H groups in total. The second kappa shape index (κ2) is 12.4. The Balaban J connectivity index is 1.46. The van der Waals surface area contributed by atoms with Crippen molar-refractivity contribution < 1.29 is 4.74 Å². The normalized spacial score (nSPS) is 13.9. The second-order valence-corrected chi connectivity index (χ2v) is 11.2. The van der Waals surface area contributed by atoms with E-state index in [-0.39, 0.29) is 0 Å². The number of nitrogens with zero attached hydrogens (tertiary/aromatic N) is 7. The second-order valence-electron chi connectivity index (χ2n) is 9.64. The van der Waals surface area contributed by atoms with Crippen LogP contribution in [0.2, 0.25) is 0 Å². The van der Waals surface area contributed by atoms with Gasteiger partial charge in [-0.05, 0) is 37.2 Å². The van der Waals surface area contributed by atoms with Gasteiger partial charge in [0.15, 0.2) is 0 Å². The molecule has 1 unspecified atom stereocenters. The van der Waals surface area contributed by atoms with E-state index < -0.39 is 0 Å². The van der Waals surface area contributed by atoms with Crippen LogP contribution in [0.5, 0.6) is 5.75 Å². The first-order valence-corrected chi connectivity index (χ1v) is 15.0. The Kier molecular flexibility index (Phi) is 8.73. The molecule has 1 atom stereocenters. The van der Waals surface area contributed by atoms with Gasteiger partial charge in [-0.15, -0.1) is 0 Å². The van der Waals surface area contributed by atoms with Crippen LogP contribution in [0.1, 0.15) is 12.5 Å². The first-order valence-electron chi connectivity index (χ1n) is 13.2. The van der Waals surface area contributed by atoms with Crippen LogP contribution in [0.4, 0.5) is 34.5 Å². The number of fused-ring (bicyclic) bond motifs is 1. The molecule has 1 fully saturated rings. The maximum absolute atomic E-state index is 5.82. The fourth-order valence-electron chi connectivity index (χ4n) is 4.84. The maximum atomic E-state index is 5.82. The van der Waals surface area contributed by atoms with E-state index >= 15 is 0 Å². The molecule has 40 heavy (non-hydrogen) atoms. The zero-order valence-electron chi connectivity index (χ0n) is 23.6. The number of hydrogen-bond donors (Lipinski definition) is 2. The van der Waals surface area contributed by atoms with Crippen LogP contribution in [0.3, 0.4) is 0 Å². The number of benzene rings is 2. The standard InChI is InChI=1S/C28H36N9OPS/c1-6-18-15-21(23(38-4)16-22(18)37-13-11-35(2)12-14-37)33-28-31-17-24(39)27(34-28)32-20-8-7-19-25(30-10-9-29-19)26(20)36(3)40-5/h7-10,15-17H,6,11-14,39H2,1-5H3,(H2,31,32,33,34). The zero-order valence-corrected chi connectivity index (χ0v) is 25.6. The van der Waals surface area contributed by atoms with Gasteiger partial charge in [0.1, 0.15) is 17.1 Å². The molecule has 1 aliphatic heterocycles. The van der Waals surface area contributed by atoms with Crippen molar-refractivity contribution >= 4 is 72.0 Å². The van der Waals surface area contributed by atoms with E-state index in [1.54, 1.807) is 37.6 Å². The summed E-state index contributed by atoms with van der Waals surface area (Å²) in [6.07, 6.45) is 8.14. The number of rotatable bonds is 9. The SMILES string of the molecule is CCc1cc(Nc2ncc(P)c(Nc3ccc4nccnc4c3N(C)SC)n2)c(OC)cc1N1CCN(C)CC1. The number of aryl methyl sites for hydroxylation is 1. The molecular weight excluding hydrogens is 541 g/mol. The molecule has 0 saturated carbocycles. The summed E-state index contributed by atoms with van der Waals surface area (Å²) in [4.78, 5) is 23.3. The highest BCUT2D eigenvalue weighted by Crippen LogP contribution is 2.37. The summed E-state index contributed by atoms with van der Waals surface area (Å²) in [5, 5.41) is 7.75. The van der Waals surface area contributed by atoms with Gasteiger partial charge in [0.2, 0.25) is 5.95 Å². The van der Waals surface area contributed by atoms with Gasteiger partial charge >= 0.3 is 0 Å². The van der Waals surface area contributed by atoms with E-state index in [9.17, 15) is 0 Å². The molecule has 5 rings (SSSR count).